The van der Waals surface area contributed by atoms with Gasteiger partial charge in [0.1, 0.15) is 6.10 Å². The van der Waals surface area contributed by atoms with Crippen LogP contribution in [0.15, 0.2) is 0 Å². The number of amides is 1. The van der Waals surface area contributed by atoms with Crippen LogP contribution < -0.4 is 0 Å². The number of carbonyl (C=O) groups excluding carboxylic acids is 1. The number of rotatable bonds is 2. The van der Waals surface area contributed by atoms with E-state index in [0.717, 1.165) is 6.42 Å². The molecular weight excluding hydrogens is 170 g/mol. The summed E-state index contributed by atoms with van der Waals surface area (Å²) in [7, 11) is 0. The second-order valence-corrected chi connectivity index (χ2v) is 3.22. The molecule has 1 rings (SSSR count). The first-order valence-electron chi connectivity index (χ1n) is 4.80. The molecule has 1 atom stereocenters. The molecule has 0 aliphatic carbocycles. The molecule has 1 fully saturated rings. The summed E-state index contributed by atoms with van der Waals surface area (Å²) in [6.07, 6.45) is 0.511. The topological polar surface area (TPSA) is 49.8 Å². The molecule has 13 heavy (non-hydrogen) atoms. The van der Waals surface area contributed by atoms with Crippen molar-refractivity contribution in [3.8, 4) is 0 Å². The van der Waals surface area contributed by atoms with Gasteiger partial charge in [-0.1, -0.05) is 6.92 Å². The molecule has 1 aliphatic heterocycles. The van der Waals surface area contributed by atoms with Crippen LogP contribution in [0.3, 0.4) is 0 Å². The zero-order valence-electron chi connectivity index (χ0n) is 8.03. The summed E-state index contributed by atoms with van der Waals surface area (Å²) in [5, 5.41) is 9.34. The molecule has 0 spiro atoms. The van der Waals surface area contributed by atoms with E-state index in [0.29, 0.717) is 32.7 Å². The zero-order chi connectivity index (χ0) is 9.68. The summed E-state index contributed by atoms with van der Waals surface area (Å²) in [6, 6.07) is 0. The molecule has 1 N–H and O–H groups in total. The minimum atomic E-state index is -0.835. The standard InChI is InChI=1S/C9H17NO3/c1-2-8(11)9(12)10-4-3-6-13-7-5-10/h8,11H,2-7H2,1H3. The molecule has 4 nitrogen and oxygen atoms in total. The van der Waals surface area contributed by atoms with Gasteiger partial charge < -0.3 is 14.7 Å². The molecule has 0 bridgehead atoms. The Hall–Kier alpha value is -0.610. The van der Waals surface area contributed by atoms with Gasteiger partial charge in [-0.25, -0.2) is 0 Å². The lowest BCUT2D eigenvalue weighted by atomic mass is 10.2. The normalized spacial score (nSPS) is 20.9. The average molecular weight is 187 g/mol. The van der Waals surface area contributed by atoms with E-state index in [9.17, 15) is 9.90 Å². The first kappa shape index (κ1) is 10.5. The number of aliphatic hydroxyl groups is 1. The van der Waals surface area contributed by atoms with E-state index in [1.54, 1.807) is 11.8 Å². The van der Waals surface area contributed by atoms with Gasteiger partial charge in [-0.2, -0.15) is 0 Å². The molecule has 1 amide bonds. The molecule has 1 aliphatic rings. The predicted octanol–water partition coefficient (Wildman–Crippen LogP) is 0.00620. The molecule has 0 aromatic rings. The SMILES string of the molecule is CCC(O)C(=O)N1CCCOCC1. The van der Waals surface area contributed by atoms with Crippen molar-refractivity contribution in [1.82, 2.24) is 4.90 Å². The number of carbonyl (C=O) groups is 1. The molecular formula is C9H17NO3. The Kier molecular flexibility index (Phi) is 4.18. The van der Waals surface area contributed by atoms with Crippen LogP contribution in [0.1, 0.15) is 19.8 Å². The fraction of sp³-hybridized carbons (Fsp3) is 0.889. The Morgan fingerprint density at radius 1 is 1.54 bits per heavy atom. The summed E-state index contributed by atoms with van der Waals surface area (Å²) in [6.45, 7) is 4.41. The third-order valence-corrected chi connectivity index (χ3v) is 2.21. The fourth-order valence-electron chi connectivity index (χ4n) is 1.35. The number of hydrogen-bond acceptors (Lipinski definition) is 3. The number of ether oxygens (including phenoxy) is 1. The third-order valence-electron chi connectivity index (χ3n) is 2.21. The van der Waals surface area contributed by atoms with Crippen molar-refractivity contribution in [2.24, 2.45) is 0 Å². The predicted molar refractivity (Wildman–Crippen MR) is 48.3 cm³/mol. The maximum atomic E-state index is 11.5. The highest BCUT2D eigenvalue weighted by atomic mass is 16.5. The minimum Gasteiger partial charge on any atom is -0.383 e. The molecule has 1 saturated heterocycles. The van der Waals surface area contributed by atoms with E-state index in [1.165, 1.54) is 0 Å². The quantitative estimate of drug-likeness (QED) is 0.662. The van der Waals surface area contributed by atoms with Crippen molar-refractivity contribution in [1.29, 1.82) is 0 Å². The Balaban J connectivity index is 2.43. The Bertz CT molecular complexity index is 164. The van der Waals surface area contributed by atoms with Crippen LogP contribution in [-0.2, 0) is 9.53 Å². The van der Waals surface area contributed by atoms with Crippen molar-refractivity contribution < 1.29 is 14.6 Å². The van der Waals surface area contributed by atoms with Crippen molar-refractivity contribution in [2.45, 2.75) is 25.9 Å². The van der Waals surface area contributed by atoms with Crippen molar-refractivity contribution in [3.05, 3.63) is 0 Å². The van der Waals surface area contributed by atoms with Crippen LogP contribution in [0.25, 0.3) is 0 Å². The minimum absolute atomic E-state index is 0.159. The molecule has 0 radical (unpaired) electrons. The summed E-state index contributed by atoms with van der Waals surface area (Å²) in [4.78, 5) is 13.2. The lowest BCUT2D eigenvalue weighted by Crippen LogP contribution is -2.40. The maximum Gasteiger partial charge on any atom is 0.251 e. The molecule has 0 saturated carbocycles. The van der Waals surface area contributed by atoms with E-state index in [1.807, 2.05) is 0 Å². The van der Waals surface area contributed by atoms with Crippen molar-refractivity contribution >= 4 is 5.91 Å². The van der Waals surface area contributed by atoms with Gasteiger partial charge in [-0.15, -0.1) is 0 Å². The van der Waals surface area contributed by atoms with E-state index in [-0.39, 0.29) is 5.91 Å². The monoisotopic (exact) mass is 187 g/mol. The smallest absolute Gasteiger partial charge is 0.251 e. The van der Waals surface area contributed by atoms with Crippen LogP contribution in [0.5, 0.6) is 0 Å². The summed E-state index contributed by atoms with van der Waals surface area (Å²) >= 11 is 0. The second kappa shape index (κ2) is 5.19. The van der Waals surface area contributed by atoms with Crippen LogP contribution in [-0.4, -0.2) is 48.3 Å². The molecule has 0 aromatic carbocycles. The maximum absolute atomic E-state index is 11.5. The van der Waals surface area contributed by atoms with E-state index >= 15 is 0 Å². The molecule has 1 heterocycles. The summed E-state index contributed by atoms with van der Waals surface area (Å²) in [5.74, 6) is -0.159. The van der Waals surface area contributed by atoms with Gasteiger partial charge >= 0.3 is 0 Å². The van der Waals surface area contributed by atoms with Crippen molar-refractivity contribution in [3.63, 3.8) is 0 Å². The molecule has 0 aromatic heterocycles. The third kappa shape index (κ3) is 2.97. The lowest BCUT2D eigenvalue weighted by Gasteiger charge is -2.21. The largest absolute Gasteiger partial charge is 0.383 e. The van der Waals surface area contributed by atoms with Crippen molar-refractivity contribution in [2.75, 3.05) is 26.3 Å². The van der Waals surface area contributed by atoms with Crippen LogP contribution in [0, 0.1) is 0 Å². The highest BCUT2D eigenvalue weighted by Crippen LogP contribution is 2.03. The van der Waals surface area contributed by atoms with Gasteiger partial charge in [0.25, 0.3) is 5.91 Å². The molecule has 4 heteroatoms. The number of nitrogens with zero attached hydrogens (tertiary/aromatic N) is 1. The summed E-state index contributed by atoms with van der Waals surface area (Å²) < 4.78 is 5.21. The highest BCUT2D eigenvalue weighted by Gasteiger charge is 2.21. The Morgan fingerprint density at radius 3 is 3.00 bits per heavy atom. The van der Waals surface area contributed by atoms with Gasteiger partial charge in [0.2, 0.25) is 0 Å². The lowest BCUT2D eigenvalue weighted by molar-refractivity contribution is -0.140. The fourth-order valence-corrected chi connectivity index (χ4v) is 1.35. The molecule has 76 valence electrons. The van der Waals surface area contributed by atoms with Gasteiger partial charge in [0.05, 0.1) is 6.61 Å². The average Bonchev–Trinajstić information content (AvgIpc) is 2.43. The number of aliphatic hydroxyl groups excluding tert-OH is 1. The zero-order valence-corrected chi connectivity index (χ0v) is 8.03. The van der Waals surface area contributed by atoms with E-state index in [2.05, 4.69) is 0 Å². The Labute approximate surface area is 78.5 Å². The summed E-state index contributed by atoms with van der Waals surface area (Å²) in [5.41, 5.74) is 0. The second-order valence-electron chi connectivity index (χ2n) is 3.22. The highest BCUT2D eigenvalue weighted by molar-refractivity contribution is 5.80. The van der Waals surface area contributed by atoms with E-state index in [4.69, 9.17) is 4.74 Å². The van der Waals surface area contributed by atoms with Gasteiger partial charge in [0.15, 0.2) is 0 Å². The van der Waals surface area contributed by atoms with E-state index < -0.39 is 6.10 Å². The van der Waals surface area contributed by atoms with Gasteiger partial charge in [-0.05, 0) is 12.8 Å². The first-order chi connectivity index (χ1) is 6.25. The van der Waals surface area contributed by atoms with Crippen LogP contribution in [0.4, 0.5) is 0 Å². The van der Waals surface area contributed by atoms with Gasteiger partial charge in [0, 0.05) is 19.7 Å². The Morgan fingerprint density at radius 2 is 2.31 bits per heavy atom. The number of hydrogen-bond donors (Lipinski definition) is 1. The first-order valence-corrected chi connectivity index (χ1v) is 4.80. The van der Waals surface area contributed by atoms with Crippen LogP contribution in [0.2, 0.25) is 0 Å². The van der Waals surface area contributed by atoms with Gasteiger partial charge in [-0.3, -0.25) is 4.79 Å². The molecule has 1 unspecified atom stereocenters. The van der Waals surface area contributed by atoms with Crippen LogP contribution >= 0.6 is 0 Å².